The highest BCUT2D eigenvalue weighted by atomic mass is 15.1. The van der Waals surface area contributed by atoms with Crippen LogP contribution in [0.1, 0.15) is 0 Å². The molecule has 0 spiro atoms. The molecule has 0 heterocycles. The number of benzene rings is 8. The molecular formula is C44H32N2. The van der Waals surface area contributed by atoms with Crippen molar-refractivity contribution in [2.45, 2.75) is 0 Å². The predicted octanol–water partition coefficient (Wildman–Crippen LogP) is 12.6. The molecule has 0 aliphatic carbocycles. The smallest absolute Gasteiger partial charge is 0.0540 e. The largest absolute Gasteiger partial charge is 0.310 e. The van der Waals surface area contributed by atoms with Crippen molar-refractivity contribution in [1.82, 2.24) is 0 Å². The van der Waals surface area contributed by atoms with Crippen molar-refractivity contribution in [3.8, 4) is 11.1 Å². The fourth-order valence-electron chi connectivity index (χ4n) is 6.42. The van der Waals surface area contributed by atoms with Crippen molar-refractivity contribution in [2.75, 3.05) is 9.80 Å². The Balaban J connectivity index is 1.16. The molecule has 46 heavy (non-hydrogen) atoms. The van der Waals surface area contributed by atoms with Crippen LogP contribution in [0.5, 0.6) is 0 Å². The van der Waals surface area contributed by atoms with E-state index in [-0.39, 0.29) is 0 Å². The molecule has 0 radical (unpaired) electrons. The van der Waals surface area contributed by atoms with E-state index >= 15 is 0 Å². The first-order valence-corrected chi connectivity index (χ1v) is 15.7. The van der Waals surface area contributed by atoms with E-state index < -0.39 is 0 Å². The number of para-hydroxylation sites is 2. The molecule has 0 saturated carbocycles. The number of hydrogen-bond acceptors (Lipinski definition) is 2. The lowest BCUT2D eigenvalue weighted by Crippen LogP contribution is -2.10. The van der Waals surface area contributed by atoms with Gasteiger partial charge in [-0.2, -0.15) is 0 Å². The van der Waals surface area contributed by atoms with E-state index in [2.05, 4.69) is 204 Å². The van der Waals surface area contributed by atoms with Crippen LogP contribution in [0.25, 0.3) is 32.7 Å². The zero-order chi connectivity index (χ0) is 30.7. The van der Waals surface area contributed by atoms with Crippen LogP contribution in [0.4, 0.5) is 34.1 Å². The van der Waals surface area contributed by atoms with Crippen LogP contribution in [0.3, 0.4) is 0 Å². The predicted molar refractivity (Wildman–Crippen MR) is 196 cm³/mol. The zero-order valence-electron chi connectivity index (χ0n) is 25.4. The van der Waals surface area contributed by atoms with Gasteiger partial charge in [0.25, 0.3) is 0 Å². The summed E-state index contributed by atoms with van der Waals surface area (Å²) in [5.41, 5.74) is 9.18. The highest BCUT2D eigenvalue weighted by Crippen LogP contribution is 2.41. The van der Waals surface area contributed by atoms with E-state index in [9.17, 15) is 0 Å². The molecule has 2 heteroatoms. The van der Waals surface area contributed by atoms with Crippen LogP contribution in [0.15, 0.2) is 194 Å². The summed E-state index contributed by atoms with van der Waals surface area (Å²) in [6.45, 7) is 0. The van der Waals surface area contributed by atoms with Crippen molar-refractivity contribution in [3.05, 3.63) is 194 Å². The van der Waals surface area contributed by atoms with Gasteiger partial charge in [0.05, 0.1) is 11.4 Å². The van der Waals surface area contributed by atoms with E-state index in [0.29, 0.717) is 0 Å². The molecule has 0 N–H and O–H groups in total. The van der Waals surface area contributed by atoms with E-state index in [4.69, 9.17) is 0 Å². The molecule has 0 aliphatic rings. The minimum Gasteiger partial charge on any atom is -0.310 e. The molecule has 8 aromatic rings. The second-order valence-electron chi connectivity index (χ2n) is 11.4. The number of rotatable bonds is 7. The number of hydrogen-bond donors (Lipinski definition) is 0. The summed E-state index contributed by atoms with van der Waals surface area (Å²) in [7, 11) is 0. The highest BCUT2D eigenvalue weighted by Gasteiger charge is 2.17. The van der Waals surface area contributed by atoms with Crippen LogP contribution >= 0.6 is 0 Å². The molecule has 0 bridgehead atoms. The van der Waals surface area contributed by atoms with E-state index in [1.165, 1.54) is 32.7 Å². The minimum absolute atomic E-state index is 1.12. The monoisotopic (exact) mass is 588 g/mol. The molecule has 0 unspecified atom stereocenters. The first-order valence-electron chi connectivity index (χ1n) is 15.7. The quantitative estimate of drug-likeness (QED) is 0.183. The Morgan fingerprint density at radius 1 is 0.239 bits per heavy atom. The maximum Gasteiger partial charge on any atom is 0.0540 e. The second-order valence-corrected chi connectivity index (χ2v) is 11.4. The van der Waals surface area contributed by atoms with Crippen LogP contribution in [-0.4, -0.2) is 0 Å². The van der Waals surface area contributed by atoms with Crippen molar-refractivity contribution in [2.24, 2.45) is 0 Å². The SMILES string of the molecule is c1ccc(N(c2ccc(-c3ccc(N(c4ccccc4)c4cccc5ccccc45)cc3)cc2)c2cccc3ccccc23)cc1. The average Bonchev–Trinajstić information content (AvgIpc) is 3.14. The van der Waals surface area contributed by atoms with E-state index in [0.717, 1.165) is 34.1 Å². The summed E-state index contributed by atoms with van der Waals surface area (Å²) < 4.78 is 0. The lowest BCUT2D eigenvalue weighted by Gasteiger charge is -2.27. The van der Waals surface area contributed by atoms with Gasteiger partial charge in [-0.25, -0.2) is 0 Å². The fraction of sp³-hybridized carbons (Fsp3) is 0. The van der Waals surface area contributed by atoms with E-state index in [1.54, 1.807) is 0 Å². The molecule has 0 atom stereocenters. The molecule has 0 aromatic heterocycles. The molecule has 0 fully saturated rings. The Morgan fingerprint density at radius 2 is 0.565 bits per heavy atom. The Kier molecular flexibility index (Phi) is 7.22. The Morgan fingerprint density at radius 3 is 0.978 bits per heavy atom. The zero-order valence-corrected chi connectivity index (χ0v) is 25.4. The van der Waals surface area contributed by atoms with Crippen LogP contribution in [0.2, 0.25) is 0 Å². The minimum atomic E-state index is 1.12. The summed E-state index contributed by atoms with van der Waals surface area (Å²) in [6.07, 6.45) is 0. The molecule has 2 nitrogen and oxygen atoms in total. The first-order chi connectivity index (χ1) is 22.8. The van der Waals surface area contributed by atoms with Crippen LogP contribution in [0, 0.1) is 0 Å². The van der Waals surface area contributed by atoms with Crippen molar-refractivity contribution >= 4 is 55.7 Å². The molecular weight excluding hydrogens is 556 g/mol. The fourth-order valence-corrected chi connectivity index (χ4v) is 6.42. The van der Waals surface area contributed by atoms with Gasteiger partial charge in [-0.05, 0) is 82.6 Å². The van der Waals surface area contributed by atoms with Gasteiger partial charge in [-0.15, -0.1) is 0 Å². The molecule has 0 amide bonds. The van der Waals surface area contributed by atoms with Gasteiger partial charge in [0.2, 0.25) is 0 Å². The maximum absolute atomic E-state index is 2.34. The maximum atomic E-state index is 2.34. The first kappa shape index (κ1) is 27.4. The molecule has 8 aromatic carbocycles. The van der Waals surface area contributed by atoms with Crippen molar-refractivity contribution in [1.29, 1.82) is 0 Å². The lowest BCUT2D eigenvalue weighted by atomic mass is 10.0. The molecule has 0 saturated heterocycles. The van der Waals surface area contributed by atoms with Gasteiger partial charge in [0.15, 0.2) is 0 Å². The normalized spacial score (nSPS) is 11.0. The summed E-state index contributed by atoms with van der Waals surface area (Å²) in [6, 6.07) is 69.2. The number of fused-ring (bicyclic) bond motifs is 2. The number of nitrogens with zero attached hydrogens (tertiary/aromatic N) is 2. The summed E-state index contributed by atoms with van der Waals surface area (Å²) in [5.74, 6) is 0. The van der Waals surface area contributed by atoms with Crippen LogP contribution < -0.4 is 9.80 Å². The third-order valence-corrected chi connectivity index (χ3v) is 8.63. The van der Waals surface area contributed by atoms with Gasteiger partial charge >= 0.3 is 0 Å². The van der Waals surface area contributed by atoms with Gasteiger partial charge in [0.1, 0.15) is 0 Å². The Labute approximate surface area is 270 Å². The third-order valence-electron chi connectivity index (χ3n) is 8.63. The Hall–Kier alpha value is -6.12. The standard InChI is InChI=1S/C44H32N2/c1-3-17-37(18-4-1)45(43-23-11-15-35-13-7-9-21-41(35)43)39-29-25-33(26-30-39)34-27-31-40(32-28-34)46(38-19-5-2-6-20-38)44-24-12-16-36-14-8-10-22-42(36)44/h1-32H. The van der Waals surface area contributed by atoms with Crippen molar-refractivity contribution < 1.29 is 0 Å². The second kappa shape index (κ2) is 12.1. The topological polar surface area (TPSA) is 6.48 Å². The van der Waals surface area contributed by atoms with Gasteiger partial charge in [0, 0.05) is 33.5 Å². The third kappa shape index (κ3) is 5.16. The summed E-state index contributed by atoms with van der Waals surface area (Å²) >= 11 is 0. The highest BCUT2D eigenvalue weighted by molar-refractivity contribution is 6.00. The average molecular weight is 589 g/mol. The lowest BCUT2D eigenvalue weighted by molar-refractivity contribution is 1.29. The van der Waals surface area contributed by atoms with Gasteiger partial charge in [-0.3, -0.25) is 0 Å². The summed E-state index contributed by atoms with van der Waals surface area (Å²) in [4.78, 5) is 4.69. The van der Waals surface area contributed by atoms with Gasteiger partial charge < -0.3 is 9.80 Å². The van der Waals surface area contributed by atoms with E-state index in [1.807, 2.05) is 0 Å². The molecule has 8 rings (SSSR count). The molecule has 0 aliphatic heterocycles. The Bertz CT molecular complexity index is 2070. The van der Waals surface area contributed by atoms with Crippen LogP contribution in [-0.2, 0) is 0 Å². The van der Waals surface area contributed by atoms with Gasteiger partial charge in [-0.1, -0.05) is 133 Å². The number of anilines is 6. The summed E-state index contributed by atoms with van der Waals surface area (Å²) in [5, 5.41) is 4.90. The van der Waals surface area contributed by atoms with Crippen molar-refractivity contribution in [3.63, 3.8) is 0 Å². The molecule has 218 valence electrons.